The van der Waals surface area contributed by atoms with E-state index >= 15 is 0 Å². The fourth-order valence-corrected chi connectivity index (χ4v) is 2.44. The van der Waals surface area contributed by atoms with Crippen LogP contribution in [0.2, 0.25) is 0 Å². The van der Waals surface area contributed by atoms with Crippen molar-refractivity contribution >= 4 is 22.8 Å². The lowest BCUT2D eigenvalue weighted by Gasteiger charge is -2.20. The third kappa shape index (κ3) is 2.67. The number of rotatable bonds is 7. The summed E-state index contributed by atoms with van der Waals surface area (Å²) < 4.78 is 0. The van der Waals surface area contributed by atoms with Crippen LogP contribution in [-0.2, 0) is 0 Å². The summed E-state index contributed by atoms with van der Waals surface area (Å²) in [6, 6.07) is 0.800. The number of aromatic nitrogens is 4. The highest BCUT2D eigenvalue weighted by Gasteiger charge is 2.27. The summed E-state index contributed by atoms with van der Waals surface area (Å²) in [4.78, 5) is 11.3. The largest absolute Gasteiger partial charge is 0.368 e. The van der Waals surface area contributed by atoms with E-state index in [1.807, 2.05) is 7.05 Å². The zero-order valence-corrected chi connectivity index (χ0v) is 12.0. The van der Waals surface area contributed by atoms with Crippen molar-refractivity contribution in [2.24, 2.45) is 0 Å². The van der Waals surface area contributed by atoms with Crippen LogP contribution < -0.4 is 10.6 Å². The zero-order chi connectivity index (χ0) is 13.9. The van der Waals surface area contributed by atoms with Gasteiger partial charge in [-0.15, -0.1) is 0 Å². The van der Waals surface area contributed by atoms with E-state index in [9.17, 15) is 0 Å². The molecule has 0 radical (unpaired) electrons. The minimum Gasteiger partial charge on any atom is -0.368 e. The van der Waals surface area contributed by atoms with Crippen molar-refractivity contribution in [3.05, 3.63) is 6.20 Å². The zero-order valence-electron chi connectivity index (χ0n) is 12.0. The standard InChI is InChI=1S/C13H21N7/c1-3-20(9-4-5-9)7-6-15-11-10-8-16-19-12(10)18-13(14-2)17-11/h8-9H,3-7H2,1-2H3,(H3,14,15,16,17,18,19). The molecular formula is C13H21N7. The molecule has 1 aliphatic carbocycles. The highest BCUT2D eigenvalue weighted by atomic mass is 15.2. The first-order chi connectivity index (χ1) is 9.81. The van der Waals surface area contributed by atoms with Gasteiger partial charge in [-0.3, -0.25) is 10.00 Å². The molecule has 3 rings (SSSR count). The monoisotopic (exact) mass is 275 g/mol. The summed E-state index contributed by atoms with van der Waals surface area (Å²) in [5, 5.41) is 14.2. The number of hydrogen-bond acceptors (Lipinski definition) is 6. The van der Waals surface area contributed by atoms with Crippen molar-refractivity contribution < 1.29 is 0 Å². The van der Waals surface area contributed by atoms with E-state index in [1.54, 1.807) is 6.20 Å². The molecule has 3 N–H and O–H groups in total. The van der Waals surface area contributed by atoms with Crippen LogP contribution >= 0.6 is 0 Å². The van der Waals surface area contributed by atoms with Gasteiger partial charge < -0.3 is 10.6 Å². The van der Waals surface area contributed by atoms with Gasteiger partial charge in [0.2, 0.25) is 5.95 Å². The van der Waals surface area contributed by atoms with Gasteiger partial charge in [-0.1, -0.05) is 6.92 Å². The second-order valence-corrected chi connectivity index (χ2v) is 5.06. The van der Waals surface area contributed by atoms with Gasteiger partial charge in [-0.25, -0.2) is 0 Å². The minimum atomic E-state index is 0.596. The molecule has 0 saturated heterocycles. The quantitative estimate of drug-likeness (QED) is 0.706. The summed E-state index contributed by atoms with van der Waals surface area (Å²) in [6.07, 6.45) is 4.45. The van der Waals surface area contributed by atoms with E-state index in [2.05, 4.69) is 42.6 Å². The van der Waals surface area contributed by atoms with E-state index in [1.165, 1.54) is 12.8 Å². The average molecular weight is 275 g/mol. The average Bonchev–Trinajstić information content (AvgIpc) is 3.20. The Morgan fingerprint density at radius 3 is 2.95 bits per heavy atom. The molecule has 20 heavy (non-hydrogen) atoms. The number of likely N-dealkylation sites (N-methyl/N-ethyl adjacent to an activating group) is 1. The number of aromatic amines is 1. The van der Waals surface area contributed by atoms with Crippen molar-refractivity contribution in [3.8, 4) is 0 Å². The van der Waals surface area contributed by atoms with Crippen molar-refractivity contribution in [1.82, 2.24) is 25.1 Å². The third-order valence-corrected chi connectivity index (χ3v) is 3.69. The summed E-state index contributed by atoms with van der Waals surface area (Å²) in [5.41, 5.74) is 0.751. The Balaban J connectivity index is 1.68. The molecule has 7 nitrogen and oxygen atoms in total. The number of anilines is 2. The van der Waals surface area contributed by atoms with Crippen molar-refractivity contribution in [2.45, 2.75) is 25.8 Å². The molecule has 0 amide bonds. The smallest absolute Gasteiger partial charge is 0.226 e. The second kappa shape index (κ2) is 5.62. The minimum absolute atomic E-state index is 0.596. The Labute approximate surface area is 118 Å². The van der Waals surface area contributed by atoms with Crippen LogP contribution in [0, 0.1) is 0 Å². The van der Waals surface area contributed by atoms with Crippen LogP contribution in [0.3, 0.4) is 0 Å². The first kappa shape index (κ1) is 13.1. The van der Waals surface area contributed by atoms with Gasteiger partial charge in [0.05, 0.1) is 11.6 Å². The number of H-pyrrole nitrogens is 1. The Morgan fingerprint density at radius 1 is 1.40 bits per heavy atom. The summed E-state index contributed by atoms with van der Waals surface area (Å²) in [5.74, 6) is 1.43. The van der Waals surface area contributed by atoms with E-state index in [4.69, 9.17) is 0 Å². The molecule has 2 aromatic rings. The lowest BCUT2D eigenvalue weighted by molar-refractivity contribution is 0.289. The number of fused-ring (bicyclic) bond motifs is 1. The van der Waals surface area contributed by atoms with Crippen LogP contribution in [0.25, 0.3) is 11.0 Å². The summed E-state index contributed by atoms with van der Waals surface area (Å²) >= 11 is 0. The molecule has 1 aliphatic rings. The highest BCUT2D eigenvalue weighted by molar-refractivity contribution is 5.86. The maximum Gasteiger partial charge on any atom is 0.226 e. The SMILES string of the molecule is CCN(CCNc1nc(NC)nc2[nH]ncc12)C1CC1. The van der Waals surface area contributed by atoms with Crippen molar-refractivity contribution in [2.75, 3.05) is 37.3 Å². The van der Waals surface area contributed by atoms with Gasteiger partial charge in [-0.05, 0) is 19.4 Å². The van der Waals surface area contributed by atoms with Crippen LogP contribution in [0.1, 0.15) is 19.8 Å². The molecule has 2 heterocycles. The van der Waals surface area contributed by atoms with Gasteiger partial charge in [0.25, 0.3) is 0 Å². The van der Waals surface area contributed by atoms with Crippen molar-refractivity contribution in [1.29, 1.82) is 0 Å². The molecule has 0 spiro atoms. The Hall–Kier alpha value is -1.89. The normalized spacial score (nSPS) is 14.9. The van der Waals surface area contributed by atoms with Gasteiger partial charge in [0, 0.05) is 26.2 Å². The predicted octanol–water partition coefficient (Wildman–Crippen LogP) is 1.29. The molecule has 0 atom stereocenters. The molecule has 0 unspecified atom stereocenters. The van der Waals surface area contributed by atoms with Crippen LogP contribution in [0.4, 0.5) is 11.8 Å². The third-order valence-electron chi connectivity index (χ3n) is 3.69. The molecular weight excluding hydrogens is 254 g/mol. The Kier molecular flexibility index (Phi) is 3.68. The fourth-order valence-electron chi connectivity index (χ4n) is 2.44. The molecule has 0 bridgehead atoms. The fraction of sp³-hybridized carbons (Fsp3) is 0.615. The first-order valence-electron chi connectivity index (χ1n) is 7.18. The molecule has 108 valence electrons. The maximum atomic E-state index is 4.46. The molecule has 1 saturated carbocycles. The number of nitrogens with one attached hydrogen (secondary N) is 3. The number of hydrogen-bond donors (Lipinski definition) is 3. The summed E-state index contributed by atoms with van der Waals surface area (Å²) in [7, 11) is 1.81. The summed E-state index contributed by atoms with van der Waals surface area (Å²) in [6.45, 7) is 5.25. The second-order valence-electron chi connectivity index (χ2n) is 5.06. The van der Waals surface area contributed by atoms with Gasteiger partial charge in [0.15, 0.2) is 5.65 Å². The van der Waals surface area contributed by atoms with Crippen LogP contribution in [0.15, 0.2) is 6.20 Å². The molecule has 2 aromatic heterocycles. The van der Waals surface area contributed by atoms with Gasteiger partial charge >= 0.3 is 0 Å². The molecule has 7 heteroatoms. The van der Waals surface area contributed by atoms with E-state index in [0.29, 0.717) is 5.95 Å². The van der Waals surface area contributed by atoms with E-state index < -0.39 is 0 Å². The van der Waals surface area contributed by atoms with Gasteiger partial charge in [0.1, 0.15) is 5.82 Å². The van der Waals surface area contributed by atoms with Crippen LogP contribution in [0.5, 0.6) is 0 Å². The van der Waals surface area contributed by atoms with E-state index in [0.717, 1.165) is 42.5 Å². The topological polar surface area (TPSA) is 81.8 Å². The molecule has 0 aromatic carbocycles. The van der Waals surface area contributed by atoms with Crippen molar-refractivity contribution in [3.63, 3.8) is 0 Å². The Bertz CT molecular complexity index is 575. The lowest BCUT2D eigenvalue weighted by Crippen LogP contribution is -2.31. The molecule has 0 aliphatic heterocycles. The predicted molar refractivity (Wildman–Crippen MR) is 80.0 cm³/mol. The number of nitrogens with zero attached hydrogens (tertiary/aromatic N) is 4. The lowest BCUT2D eigenvalue weighted by atomic mass is 10.4. The molecule has 1 fully saturated rings. The maximum absolute atomic E-state index is 4.46. The van der Waals surface area contributed by atoms with Crippen LogP contribution in [-0.4, -0.2) is 57.8 Å². The van der Waals surface area contributed by atoms with Gasteiger partial charge in [-0.2, -0.15) is 15.1 Å². The highest BCUT2D eigenvalue weighted by Crippen LogP contribution is 2.26. The first-order valence-corrected chi connectivity index (χ1v) is 7.18. The van der Waals surface area contributed by atoms with E-state index in [-0.39, 0.29) is 0 Å². The Morgan fingerprint density at radius 2 is 2.25 bits per heavy atom.